The molecule has 0 spiro atoms. The predicted octanol–water partition coefficient (Wildman–Crippen LogP) is 0.740. The Morgan fingerprint density at radius 2 is 1.70 bits per heavy atom. The van der Waals surface area contributed by atoms with Gasteiger partial charge in [0.05, 0.1) is 11.0 Å². The van der Waals surface area contributed by atoms with Gasteiger partial charge in [-0.05, 0) is 0 Å². The molecule has 0 aromatic rings. The highest BCUT2D eigenvalue weighted by Crippen LogP contribution is 2.14. The first-order valence-corrected chi connectivity index (χ1v) is 3.46. The van der Waals surface area contributed by atoms with E-state index < -0.39 is 16.5 Å². The first kappa shape index (κ1) is 9.71. The molecule has 0 bridgehead atoms. The Labute approximate surface area is 69.6 Å². The Kier molecular flexibility index (Phi) is 3.67. The second-order valence-electron chi connectivity index (χ2n) is 1.72. The molecule has 5 heteroatoms. The van der Waals surface area contributed by atoms with E-state index in [1.807, 2.05) is 0 Å². The van der Waals surface area contributed by atoms with Crippen LogP contribution in [0.15, 0.2) is 12.3 Å². The first-order chi connectivity index (χ1) is 4.46. The normalized spacial score (nSPS) is 15.8. The standard InChI is InChI=1S/C5H8O3S2/c1-2(6)3(9)4(10)5(7)8/h3-4,6,9-10H,1H2,(H,7,8). The number of thiol groups is 2. The number of aliphatic hydroxyl groups excluding tert-OH is 1. The number of rotatable bonds is 3. The topological polar surface area (TPSA) is 57.5 Å². The summed E-state index contributed by atoms with van der Waals surface area (Å²) in [5.74, 6) is -1.41. The highest BCUT2D eigenvalue weighted by molar-refractivity contribution is 7.86. The molecule has 0 aliphatic carbocycles. The molecule has 0 aliphatic heterocycles. The minimum absolute atomic E-state index is 0.286. The Morgan fingerprint density at radius 1 is 1.30 bits per heavy atom. The van der Waals surface area contributed by atoms with Gasteiger partial charge in [0.25, 0.3) is 0 Å². The van der Waals surface area contributed by atoms with Crippen molar-refractivity contribution in [3.05, 3.63) is 12.3 Å². The van der Waals surface area contributed by atoms with Crippen LogP contribution in [-0.4, -0.2) is 26.7 Å². The predicted molar refractivity (Wildman–Crippen MR) is 45.0 cm³/mol. The van der Waals surface area contributed by atoms with Crippen LogP contribution in [0.25, 0.3) is 0 Å². The molecule has 10 heavy (non-hydrogen) atoms. The van der Waals surface area contributed by atoms with Gasteiger partial charge in [-0.15, -0.1) is 0 Å². The monoisotopic (exact) mass is 180 g/mol. The SMILES string of the molecule is C=C(O)C(S)C(S)C(=O)O. The zero-order valence-electron chi connectivity index (χ0n) is 5.06. The summed E-state index contributed by atoms with van der Waals surface area (Å²) in [6, 6.07) is 0. The van der Waals surface area contributed by atoms with Crippen LogP contribution in [0, 0.1) is 0 Å². The molecule has 0 aromatic carbocycles. The molecule has 3 nitrogen and oxygen atoms in total. The van der Waals surface area contributed by atoms with Gasteiger partial charge in [-0.1, -0.05) is 6.58 Å². The van der Waals surface area contributed by atoms with Gasteiger partial charge in [0.2, 0.25) is 0 Å². The second kappa shape index (κ2) is 3.78. The third kappa shape index (κ3) is 2.53. The molecule has 0 amide bonds. The molecule has 2 N–H and O–H groups in total. The molecule has 2 unspecified atom stereocenters. The van der Waals surface area contributed by atoms with Crippen LogP contribution in [0.3, 0.4) is 0 Å². The summed E-state index contributed by atoms with van der Waals surface area (Å²) in [6.07, 6.45) is 0. The lowest BCUT2D eigenvalue weighted by atomic mass is 10.2. The maximum Gasteiger partial charge on any atom is 0.317 e. The molecule has 0 fully saturated rings. The van der Waals surface area contributed by atoms with E-state index in [0.29, 0.717) is 0 Å². The van der Waals surface area contributed by atoms with Crippen LogP contribution >= 0.6 is 25.3 Å². The molecule has 58 valence electrons. The average Bonchev–Trinajstić information content (AvgIpc) is 1.84. The van der Waals surface area contributed by atoms with Gasteiger partial charge in [0.15, 0.2) is 0 Å². The van der Waals surface area contributed by atoms with Gasteiger partial charge >= 0.3 is 5.97 Å². The number of carbonyl (C=O) groups is 1. The molecule has 2 atom stereocenters. The number of aliphatic hydroxyl groups is 1. The molecular formula is C5H8O3S2. The van der Waals surface area contributed by atoms with Gasteiger partial charge in [0, 0.05) is 0 Å². The number of hydrogen-bond acceptors (Lipinski definition) is 4. The summed E-state index contributed by atoms with van der Waals surface area (Å²) in [5.41, 5.74) is 0. The largest absolute Gasteiger partial charge is 0.512 e. The molecule has 0 rings (SSSR count). The third-order valence-electron chi connectivity index (χ3n) is 0.893. The molecule has 0 radical (unpaired) electrons. The quantitative estimate of drug-likeness (QED) is 0.383. The van der Waals surface area contributed by atoms with Crippen LogP contribution in [0.1, 0.15) is 0 Å². The van der Waals surface area contributed by atoms with E-state index in [-0.39, 0.29) is 5.76 Å². The molecule has 0 heterocycles. The van der Waals surface area contributed by atoms with Gasteiger partial charge < -0.3 is 10.2 Å². The molecule has 0 aliphatic rings. The van der Waals surface area contributed by atoms with Gasteiger partial charge in [-0.2, -0.15) is 25.3 Å². The number of carboxylic acid groups (broad SMARTS) is 1. The number of carboxylic acids is 1. The zero-order valence-corrected chi connectivity index (χ0v) is 6.85. The van der Waals surface area contributed by atoms with E-state index in [0.717, 1.165) is 0 Å². The van der Waals surface area contributed by atoms with Gasteiger partial charge in [-0.3, -0.25) is 4.79 Å². The van der Waals surface area contributed by atoms with Crippen molar-refractivity contribution in [3.63, 3.8) is 0 Å². The lowest BCUT2D eigenvalue weighted by molar-refractivity contribution is -0.136. The smallest absolute Gasteiger partial charge is 0.317 e. The van der Waals surface area contributed by atoms with E-state index in [1.54, 1.807) is 0 Å². The van der Waals surface area contributed by atoms with E-state index in [1.165, 1.54) is 0 Å². The Bertz CT molecular complexity index is 139. The lowest BCUT2D eigenvalue weighted by Gasteiger charge is -2.11. The summed E-state index contributed by atoms with van der Waals surface area (Å²) < 4.78 is 0. The Balaban J connectivity index is 4.07. The average molecular weight is 180 g/mol. The van der Waals surface area contributed by atoms with Crippen LogP contribution < -0.4 is 0 Å². The van der Waals surface area contributed by atoms with Crippen LogP contribution in [0.2, 0.25) is 0 Å². The van der Waals surface area contributed by atoms with E-state index in [9.17, 15) is 4.79 Å². The molecule has 0 saturated carbocycles. The van der Waals surface area contributed by atoms with Crippen molar-refractivity contribution in [2.75, 3.05) is 0 Å². The Hall–Kier alpha value is -0.290. The fourth-order valence-electron chi connectivity index (χ4n) is 0.317. The highest BCUT2D eigenvalue weighted by Gasteiger charge is 2.23. The summed E-state index contributed by atoms with van der Waals surface area (Å²) in [7, 11) is 0. The van der Waals surface area contributed by atoms with Crippen molar-refractivity contribution in [1.82, 2.24) is 0 Å². The van der Waals surface area contributed by atoms with E-state index in [4.69, 9.17) is 10.2 Å². The number of hydrogen-bond donors (Lipinski definition) is 4. The molecule has 0 aromatic heterocycles. The van der Waals surface area contributed by atoms with E-state index >= 15 is 0 Å². The Morgan fingerprint density at radius 3 is 1.80 bits per heavy atom. The van der Waals surface area contributed by atoms with Crippen molar-refractivity contribution >= 4 is 31.2 Å². The van der Waals surface area contributed by atoms with Crippen LogP contribution in [0.4, 0.5) is 0 Å². The number of aliphatic carboxylic acids is 1. The minimum Gasteiger partial charge on any atom is -0.512 e. The van der Waals surface area contributed by atoms with Crippen LogP contribution in [-0.2, 0) is 4.79 Å². The van der Waals surface area contributed by atoms with Gasteiger partial charge in [0.1, 0.15) is 5.25 Å². The van der Waals surface area contributed by atoms with Gasteiger partial charge in [-0.25, -0.2) is 0 Å². The summed E-state index contributed by atoms with van der Waals surface area (Å²) in [4.78, 5) is 10.2. The van der Waals surface area contributed by atoms with Crippen molar-refractivity contribution < 1.29 is 15.0 Å². The maximum atomic E-state index is 10.2. The summed E-state index contributed by atoms with van der Waals surface area (Å²) >= 11 is 7.41. The summed E-state index contributed by atoms with van der Waals surface area (Å²) in [6.45, 7) is 3.13. The second-order valence-corrected chi connectivity index (χ2v) is 2.83. The lowest BCUT2D eigenvalue weighted by Crippen LogP contribution is -2.26. The maximum absolute atomic E-state index is 10.2. The minimum atomic E-state index is -1.13. The molecule has 0 saturated heterocycles. The van der Waals surface area contributed by atoms with Crippen molar-refractivity contribution in [2.24, 2.45) is 0 Å². The molecular weight excluding hydrogens is 172 g/mol. The highest BCUT2D eigenvalue weighted by atomic mass is 32.1. The third-order valence-corrected chi connectivity index (χ3v) is 2.24. The first-order valence-electron chi connectivity index (χ1n) is 2.43. The van der Waals surface area contributed by atoms with Crippen molar-refractivity contribution in [3.8, 4) is 0 Å². The van der Waals surface area contributed by atoms with Crippen molar-refractivity contribution in [1.29, 1.82) is 0 Å². The van der Waals surface area contributed by atoms with Crippen molar-refractivity contribution in [2.45, 2.75) is 10.5 Å². The summed E-state index contributed by atoms with van der Waals surface area (Å²) in [5, 5.41) is 15.1. The van der Waals surface area contributed by atoms with E-state index in [2.05, 4.69) is 31.8 Å². The fraction of sp³-hybridized carbons (Fsp3) is 0.400. The zero-order chi connectivity index (χ0) is 8.31. The fourth-order valence-corrected chi connectivity index (χ4v) is 0.617. The van der Waals surface area contributed by atoms with Crippen LogP contribution in [0.5, 0.6) is 0 Å².